The molecule has 0 radical (unpaired) electrons. The van der Waals surface area contributed by atoms with Crippen molar-refractivity contribution in [3.63, 3.8) is 0 Å². The van der Waals surface area contributed by atoms with Crippen LogP contribution in [0.3, 0.4) is 0 Å². The first-order valence-electron chi connectivity index (χ1n) is 10.1. The molecule has 0 spiro atoms. The predicted molar refractivity (Wildman–Crippen MR) is 114 cm³/mol. The molecule has 1 fully saturated rings. The molecule has 4 rings (SSSR count). The fourth-order valence-electron chi connectivity index (χ4n) is 4.13. The Hall–Kier alpha value is -2.34. The van der Waals surface area contributed by atoms with Gasteiger partial charge in [-0.15, -0.1) is 0 Å². The van der Waals surface area contributed by atoms with Crippen LogP contribution in [0.4, 0.5) is 0 Å². The summed E-state index contributed by atoms with van der Waals surface area (Å²) in [4.78, 5) is 17.0. The van der Waals surface area contributed by atoms with E-state index in [0.29, 0.717) is 39.4 Å². The highest BCUT2D eigenvalue weighted by atomic mass is 35.5. The van der Waals surface area contributed by atoms with Gasteiger partial charge in [-0.3, -0.25) is 9.69 Å². The number of nitrogens with one attached hydrogen (secondary N) is 1. The molecule has 1 N–H and O–H groups in total. The van der Waals surface area contributed by atoms with E-state index in [-0.39, 0.29) is 11.2 Å². The fraction of sp³-hybridized carbons (Fsp3) is 0.348. The highest BCUT2D eigenvalue weighted by Gasteiger charge is 2.22. The van der Waals surface area contributed by atoms with Crippen molar-refractivity contribution >= 4 is 22.6 Å². The van der Waals surface area contributed by atoms with E-state index >= 15 is 0 Å². The lowest BCUT2D eigenvalue weighted by molar-refractivity contribution is -0.918. The topological polar surface area (TPSA) is 61.0 Å². The van der Waals surface area contributed by atoms with Crippen molar-refractivity contribution in [2.45, 2.75) is 20.4 Å². The van der Waals surface area contributed by atoms with E-state index in [1.165, 1.54) is 11.0 Å². The molecule has 29 heavy (non-hydrogen) atoms. The van der Waals surface area contributed by atoms with Gasteiger partial charge in [-0.2, -0.15) is 0 Å². The summed E-state index contributed by atoms with van der Waals surface area (Å²) in [5.74, 6) is 0.451. The minimum atomic E-state index is -0.113. The zero-order chi connectivity index (χ0) is 20.5. The first-order chi connectivity index (χ1) is 14.0. The quantitative estimate of drug-likeness (QED) is 0.713. The van der Waals surface area contributed by atoms with Gasteiger partial charge < -0.3 is 14.4 Å². The number of fused-ring (bicyclic) bond motifs is 1. The van der Waals surface area contributed by atoms with Crippen LogP contribution in [0.15, 0.2) is 45.6 Å². The Labute approximate surface area is 175 Å². The Morgan fingerprint density at radius 1 is 1.14 bits per heavy atom. The molecule has 6 heteroatoms. The molecule has 0 unspecified atom stereocenters. The van der Waals surface area contributed by atoms with Crippen molar-refractivity contribution in [2.24, 2.45) is 0 Å². The van der Waals surface area contributed by atoms with Gasteiger partial charge in [0.2, 0.25) is 5.43 Å². The van der Waals surface area contributed by atoms with Crippen LogP contribution in [0.1, 0.15) is 18.2 Å². The summed E-state index contributed by atoms with van der Waals surface area (Å²) < 4.78 is 6.10. The maximum absolute atomic E-state index is 13.3. The summed E-state index contributed by atoms with van der Waals surface area (Å²) in [5, 5.41) is 13.7. The molecule has 3 aromatic rings. The maximum atomic E-state index is 13.3. The Balaban J connectivity index is 1.76. The SMILES string of the molecule is CCN1CC[NH+](Cc2c([O-])ccc3c(=O)c(-c4ccc(Cl)cc4)c(C)oc23)CC1. The van der Waals surface area contributed by atoms with E-state index in [9.17, 15) is 9.90 Å². The molecular weight excluding hydrogens is 388 g/mol. The number of piperazine rings is 1. The highest BCUT2D eigenvalue weighted by Crippen LogP contribution is 2.29. The molecule has 0 bridgehead atoms. The van der Waals surface area contributed by atoms with Gasteiger partial charge in [0, 0.05) is 23.7 Å². The monoisotopic (exact) mass is 412 g/mol. The number of rotatable bonds is 4. The molecule has 1 aliphatic rings. The van der Waals surface area contributed by atoms with Crippen LogP contribution in [0, 0.1) is 6.92 Å². The molecule has 1 aliphatic heterocycles. The third-order valence-electron chi connectivity index (χ3n) is 5.87. The minimum Gasteiger partial charge on any atom is -0.872 e. The van der Waals surface area contributed by atoms with Gasteiger partial charge in [0.1, 0.15) is 17.9 Å². The number of likely N-dealkylation sites (N-methyl/N-ethyl adjacent to an activating group) is 1. The molecular formula is C23H25ClN2O3. The number of hydrogen-bond donors (Lipinski definition) is 1. The van der Waals surface area contributed by atoms with E-state index in [1.54, 1.807) is 25.1 Å². The Morgan fingerprint density at radius 3 is 2.48 bits per heavy atom. The molecule has 2 heterocycles. The fourth-order valence-corrected chi connectivity index (χ4v) is 4.26. The summed E-state index contributed by atoms with van der Waals surface area (Å²) in [6, 6.07) is 10.2. The molecule has 152 valence electrons. The molecule has 1 saturated heterocycles. The average Bonchev–Trinajstić information content (AvgIpc) is 2.72. The first-order valence-corrected chi connectivity index (χ1v) is 10.4. The van der Waals surface area contributed by atoms with E-state index in [2.05, 4.69) is 11.8 Å². The van der Waals surface area contributed by atoms with Crippen LogP contribution >= 0.6 is 11.6 Å². The first kappa shape index (κ1) is 20.0. The number of benzene rings is 2. The lowest BCUT2D eigenvalue weighted by atomic mass is 10.0. The second-order valence-electron chi connectivity index (χ2n) is 7.65. The number of nitrogens with zero attached hydrogens (tertiary/aromatic N) is 1. The zero-order valence-corrected chi connectivity index (χ0v) is 17.5. The minimum absolute atomic E-state index is 0.0651. The van der Waals surface area contributed by atoms with Gasteiger partial charge in [0.05, 0.1) is 24.0 Å². The smallest absolute Gasteiger partial charge is 0.200 e. The van der Waals surface area contributed by atoms with Crippen molar-refractivity contribution < 1.29 is 14.4 Å². The molecule has 0 saturated carbocycles. The highest BCUT2D eigenvalue weighted by molar-refractivity contribution is 6.30. The van der Waals surface area contributed by atoms with E-state index in [1.807, 2.05) is 12.1 Å². The van der Waals surface area contributed by atoms with Crippen molar-refractivity contribution in [1.82, 2.24) is 4.90 Å². The van der Waals surface area contributed by atoms with Gasteiger partial charge in [-0.05, 0) is 37.2 Å². The average molecular weight is 413 g/mol. The van der Waals surface area contributed by atoms with Gasteiger partial charge in [-0.25, -0.2) is 0 Å². The normalized spacial score (nSPS) is 15.8. The molecule has 1 aromatic heterocycles. The number of quaternary nitrogens is 1. The van der Waals surface area contributed by atoms with Crippen LogP contribution in [0.2, 0.25) is 5.02 Å². The standard InChI is InChI=1S/C23H25ClN2O3/c1-3-25-10-12-26(13-11-25)14-19-20(27)9-8-18-22(28)21(15(2)29-23(18)19)16-4-6-17(24)7-5-16/h4-9,27H,3,10-14H2,1-2H3. The number of aryl methyl sites for hydroxylation is 1. The Morgan fingerprint density at radius 2 is 1.83 bits per heavy atom. The molecule has 0 aliphatic carbocycles. The summed E-state index contributed by atoms with van der Waals surface area (Å²) in [7, 11) is 0. The second-order valence-corrected chi connectivity index (χ2v) is 8.09. The van der Waals surface area contributed by atoms with Crippen LogP contribution < -0.4 is 15.4 Å². The third kappa shape index (κ3) is 3.90. The summed E-state index contributed by atoms with van der Waals surface area (Å²) in [6.07, 6.45) is 0. The van der Waals surface area contributed by atoms with Crippen molar-refractivity contribution in [2.75, 3.05) is 32.7 Å². The summed E-state index contributed by atoms with van der Waals surface area (Å²) in [5.41, 5.74) is 2.20. The lowest BCUT2D eigenvalue weighted by Crippen LogP contribution is -3.13. The van der Waals surface area contributed by atoms with E-state index < -0.39 is 0 Å². The third-order valence-corrected chi connectivity index (χ3v) is 6.12. The van der Waals surface area contributed by atoms with Crippen LogP contribution in [0.25, 0.3) is 22.1 Å². The van der Waals surface area contributed by atoms with Crippen molar-refractivity contribution in [3.05, 3.63) is 63.0 Å². The molecule has 5 nitrogen and oxygen atoms in total. The second kappa shape index (κ2) is 8.19. The van der Waals surface area contributed by atoms with Gasteiger partial charge in [0.25, 0.3) is 0 Å². The summed E-state index contributed by atoms with van der Waals surface area (Å²) >= 11 is 5.98. The molecule has 0 atom stereocenters. The van der Waals surface area contributed by atoms with Gasteiger partial charge >= 0.3 is 0 Å². The van der Waals surface area contributed by atoms with E-state index in [4.69, 9.17) is 16.0 Å². The predicted octanol–water partition coefficient (Wildman–Crippen LogP) is 2.22. The summed E-state index contributed by atoms with van der Waals surface area (Å²) in [6.45, 7) is 9.58. The lowest BCUT2D eigenvalue weighted by Gasteiger charge is -2.32. The van der Waals surface area contributed by atoms with Gasteiger partial charge in [-0.1, -0.05) is 42.5 Å². The van der Waals surface area contributed by atoms with Crippen molar-refractivity contribution in [3.8, 4) is 16.9 Å². The van der Waals surface area contributed by atoms with E-state index in [0.717, 1.165) is 38.3 Å². The van der Waals surface area contributed by atoms with Crippen LogP contribution in [-0.2, 0) is 6.54 Å². The molecule has 0 amide bonds. The Kier molecular flexibility index (Phi) is 5.63. The van der Waals surface area contributed by atoms with Gasteiger partial charge in [0.15, 0.2) is 0 Å². The number of halogens is 1. The largest absolute Gasteiger partial charge is 0.872 e. The van der Waals surface area contributed by atoms with Crippen LogP contribution in [0.5, 0.6) is 5.75 Å². The van der Waals surface area contributed by atoms with Crippen molar-refractivity contribution in [1.29, 1.82) is 0 Å². The number of hydrogen-bond acceptors (Lipinski definition) is 4. The Bertz CT molecular complexity index is 1080. The molecule has 2 aromatic carbocycles. The zero-order valence-electron chi connectivity index (χ0n) is 16.8. The maximum Gasteiger partial charge on any atom is 0.200 e. The van der Waals surface area contributed by atoms with Crippen LogP contribution in [-0.4, -0.2) is 37.6 Å².